The molecule has 0 atom stereocenters. The zero-order valence-corrected chi connectivity index (χ0v) is 15.1. The minimum Gasteiger partial charge on any atom is -0.273 e. The van der Waals surface area contributed by atoms with Gasteiger partial charge in [0.2, 0.25) is 5.91 Å². The van der Waals surface area contributed by atoms with Gasteiger partial charge in [-0.3, -0.25) is 20.4 Å². The molecule has 0 saturated carbocycles. The molecule has 0 bridgehead atoms. The number of carbonyl (C=O) groups excluding carboxylic acids is 2. The monoisotopic (exact) mass is 368 g/mol. The van der Waals surface area contributed by atoms with Crippen LogP contribution >= 0.6 is 11.6 Å². The second kappa shape index (κ2) is 7.49. The topological polar surface area (TPSA) is 84.0 Å². The maximum absolute atomic E-state index is 12.3. The summed E-state index contributed by atoms with van der Waals surface area (Å²) in [6.07, 6.45) is 0.138. The lowest BCUT2D eigenvalue weighted by molar-refractivity contribution is -0.121. The Morgan fingerprint density at radius 1 is 0.923 bits per heavy atom. The first-order chi connectivity index (χ1) is 12.4. The molecule has 0 unspecified atom stereocenters. The first-order valence-electron chi connectivity index (χ1n) is 8.01. The third-order valence-electron chi connectivity index (χ3n) is 3.93. The van der Waals surface area contributed by atoms with Crippen molar-refractivity contribution in [1.82, 2.24) is 20.8 Å². The van der Waals surface area contributed by atoms with Gasteiger partial charge in [-0.2, -0.15) is 0 Å². The van der Waals surface area contributed by atoms with E-state index in [-0.39, 0.29) is 12.3 Å². The quantitative estimate of drug-likeness (QED) is 0.696. The lowest BCUT2D eigenvalue weighted by Gasteiger charge is -2.08. The number of halogens is 1. The van der Waals surface area contributed by atoms with Gasteiger partial charge in [-0.25, -0.2) is 9.97 Å². The fourth-order valence-corrected chi connectivity index (χ4v) is 2.53. The van der Waals surface area contributed by atoms with Gasteiger partial charge in [0.05, 0.1) is 28.8 Å². The molecule has 2 N–H and O–H groups in total. The van der Waals surface area contributed by atoms with Crippen LogP contribution < -0.4 is 10.9 Å². The maximum atomic E-state index is 12.3. The molecule has 0 aliphatic rings. The summed E-state index contributed by atoms with van der Waals surface area (Å²) in [7, 11) is 0. The summed E-state index contributed by atoms with van der Waals surface area (Å²) >= 11 is 5.81. The maximum Gasteiger partial charge on any atom is 0.269 e. The highest BCUT2D eigenvalue weighted by Gasteiger charge is 2.10. The molecule has 6 nitrogen and oxygen atoms in total. The molecule has 3 aromatic rings. The fourth-order valence-electron chi connectivity index (χ4n) is 2.40. The highest BCUT2D eigenvalue weighted by Crippen LogP contribution is 2.14. The number of aryl methyl sites for hydroxylation is 2. The van der Waals surface area contributed by atoms with Crippen molar-refractivity contribution in [1.29, 1.82) is 0 Å². The van der Waals surface area contributed by atoms with E-state index in [1.165, 1.54) is 0 Å². The van der Waals surface area contributed by atoms with Crippen LogP contribution in [0.4, 0.5) is 0 Å². The van der Waals surface area contributed by atoms with Crippen LogP contribution in [0, 0.1) is 13.8 Å². The van der Waals surface area contributed by atoms with Crippen molar-refractivity contribution < 1.29 is 9.59 Å². The molecule has 26 heavy (non-hydrogen) atoms. The molecular weight excluding hydrogens is 352 g/mol. The second-order valence-electron chi connectivity index (χ2n) is 5.90. The van der Waals surface area contributed by atoms with Gasteiger partial charge in [-0.1, -0.05) is 23.7 Å². The Kier molecular flexibility index (Phi) is 5.14. The van der Waals surface area contributed by atoms with Gasteiger partial charge in [0.1, 0.15) is 0 Å². The Bertz CT molecular complexity index is 987. The van der Waals surface area contributed by atoms with E-state index >= 15 is 0 Å². The van der Waals surface area contributed by atoms with Gasteiger partial charge in [0.25, 0.3) is 5.91 Å². The lowest BCUT2D eigenvalue weighted by Crippen LogP contribution is -2.42. The number of hydrogen-bond donors (Lipinski definition) is 2. The molecule has 0 spiro atoms. The first kappa shape index (κ1) is 17.8. The third kappa shape index (κ3) is 4.15. The molecular formula is C19H17ClN4O2. The van der Waals surface area contributed by atoms with Gasteiger partial charge in [0.15, 0.2) is 0 Å². The normalized spacial score (nSPS) is 10.6. The molecule has 0 radical (unpaired) electrons. The summed E-state index contributed by atoms with van der Waals surface area (Å²) in [6, 6.07) is 12.0. The first-order valence-corrected chi connectivity index (χ1v) is 8.39. The molecule has 2 aromatic carbocycles. The smallest absolute Gasteiger partial charge is 0.269 e. The molecule has 1 aromatic heterocycles. The molecule has 0 fully saturated rings. The zero-order valence-electron chi connectivity index (χ0n) is 14.3. The zero-order chi connectivity index (χ0) is 18.7. The SMILES string of the molecule is Cc1nc2ccc(C(=O)NNC(=O)Cc3ccc(Cl)cc3)cc2nc1C. The number of fused-ring (bicyclic) bond motifs is 1. The summed E-state index contributed by atoms with van der Waals surface area (Å²) in [6.45, 7) is 3.75. The van der Waals surface area contributed by atoms with E-state index in [9.17, 15) is 9.59 Å². The molecule has 1 heterocycles. The number of hydrazine groups is 1. The largest absolute Gasteiger partial charge is 0.273 e. The van der Waals surface area contributed by atoms with Gasteiger partial charge in [-0.05, 0) is 49.7 Å². The molecule has 0 aliphatic carbocycles. The summed E-state index contributed by atoms with van der Waals surface area (Å²) in [5, 5.41) is 0.604. The van der Waals surface area contributed by atoms with Crippen molar-refractivity contribution in [3.63, 3.8) is 0 Å². The van der Waals surface area contributed by atoms with E-state index in [0.717, 1.165) is 22.5 Å². The van der Waals surface area contributed by atoms with Crippen LogP contribution in [-0.2, 0) is 11.2 Å². The number of aromatic nitrogens is 2. The Balaban J connectivity index is 1.64. The van der Waals surface area contributed by atoms with E-state index in [1.54, 1.807) is 42.5 Å². The van der Waals surface area contributed by atoms with Gasteiger partial charge < -0.3 is 0 Å². The predicted molar refractivity (Wildman–Crippen MR) is 99.8 cm³/mol. The lowest BCUT2D eigenvalue weighted by atomic mass is 10.1. The highest BCUT2D eigenvalue weighted by atomic mass is 35.5. The minimum absolute atomic E-state index is 0.138. The third-order valence-corrected chi connectivity index (χ3v) is 4.18. The Hall–Kier alpha value is -2.99. The highest BCUT2D eigenvalue weighted by molar-refractivity contribution is 6.30. The van der Waals surface area contributed by atoms with Crippen molar-refractivity contribution in [2.75, 3.05) is 0 Å². The number of rotatable bonds is 3. The standard InChI is InChI=1S/C19H17ClN4O2/c1-11-12(2)22-17-10-14(5-8-16(17)21-11)19(26)24-23-18(25)9-13-3-6-15(20)7-4-13/h3-8,10H,9H2,1-2H3,(H,23,25)(H,24,26). The van der Waals surface area contributed by atoms with E-state index in [1.807, 2.05) is 13.8 Å². The van der Waals surface area contributed by atoms with Crippen LogP contribution in [0.15, 0.2) is 42.5 Å². The van der Waals surface area contributed by atoms with E-state index in [4.69, 9.17) is 11.6 Å². The summed E-state index contributed by atoms with van der Waals surface area (Å²) < 4.78 is 0. The summed E-state index contributed by atoms with van der Waals surface area (Å²) in [5.41, 5.74) is 9.02. The van der Waals surface area contributed by atoms with Crippen molar-refractivity contribution >= 4 is 34.4 Å². The van der Waals surface area contributed by atoms with Crippen LogP contribution in [-0.4, -0.2) is 21.8 Å². The van der Waals surface area contributed by atoms with Crippen molar-refractivity contribution in [2.45, 2.75) is 20.3 Å². The van der Waals surface area contributed by atoms with Crippen LogP contribution in [0.25, 0.3) is 11.0 Å². The van der Waals surface area contributed by atoms with Gasteiger partial charge in [0, 0.05) is 10.6 Å². The van der Waals surface area contributed by atoms with E-state index in [2.05, 4.69) is 20.8 Å². The van der Waals surface area contributed by atoms with Crippen LogP contribution in [0.3, 0.4) is 0 Å². The second-order valence-corrected chi connectivity index (χ2v) is 6.34. The molecule has 0 aliphatic heterocycles. The van der Waals surface area contributed by atoms with Gasteiger partial charge >= 0.3 is 0 Å². The number of nitrogens with one attached hydrogen (secondary N) is 2. The average molecular weight is 369 g/mol. The molecule has 132 valence electrons. The predicted octanol–water partition coefficient (Wildman–Crippen LogP) is 2.90. The minimum atomic E-state index is -0.420. The molecule has 2 amide bonds. The fraction of sp³-hybridized carbons (Fsp3) is 0.158. The number of amides is 2. The average Bonchev–Trinajstić information content (AvgIpc) is 2.62. The number of hydrogen-bond acceptors (Lipinski definition) is 4. The number of carbonyl (C=O) groups is 2. The van der Waals surface area contributed by atoms with Gasteiger partial charge in [-0.15, -0.1) is 0 Å². The van der Waals surface area contributed by atoms with Crippen LogP contribution in [0.1, 0.15) is 27.3 Å². The summed E-state index contributed by atoms with van der Waals surface area (Å²) in [5.74, 6) is -0.746. The molecule has 3 rings (SSSR count). The number of benzene rings is 2. The van der Waals surface area contributed by atoms with Crippen LogP contribution in [0.5, 0.6) is 0 Å². The Labute approximate surface area is 155 Å². The van der Waals surface area contributed by atoms with Crippen molar-refractivity contribution in [2.24, 2.45) is 0 Å². The molecule has 7 heteroatoms. The molecule has 0 saturated heterocycles. The Morgan fingerprint density at radius 2 is 1.58 bits per heavy atom. The van der Waals surface area contributed by atoms with Crippen LogP contribution in [0.2, 0.25) is 5.02 Å². The van der Waals surface area contributed by atoms with E-state index < -0.39 is 5.91 Å². The summed E-state index contributed by atoms with van der Waals surface area (Å²) in [4.78, 5) is 33.1. The van der Waals surface area contributed by atoms with Crippen molar-refractivity contribution in [3.05, 3.63) is 70.0 Å². The van der Waals surface area contributed by atoms with E-state index in [0.29, 0.717) is 16.1 Å². The number of nitrogens with zero attached hydrogens (tertiary/aromatic N) is 2. The van der Waals surface area contributed by atoms with Crippen molar-refractivity contribution in [3.8, 4) is 0 Å². The Morgan fingerprint density at radius 3 is 2.27 bits per heavy atom.